The molecule has 0 amide bonds. The summed E-state index contributed by atoms with van der Waals surface area (Å²) in [4.78, 5) is 30.5. The molecule has 8 nitrogen and oxygen atoms in total. The van der Waals surface area contributed by atoms with Crippen LogP contribution in [0.4, 0.5) is 5.69 Å². The topological polar surface area (TPSA) is 96.5 Å². The Bertz CT molecular complexity index is 1170. The van der Waals surface area contributed by atoms with Gasteiger partial charge in [-0.1, -0.05) is 0 Å². The number of aromatic nitrogens is 2. The van der Waals surface area contributed by atoms with Crippen molar-refractivity contribution in [3.05, 3.63) is 60.5 Å². The van der Waals surface area contributed by atoms with E-state index < -0.39 is 4.92 Å². The van der Waals surface area contributed by atoms with Crippen LogP contribution in [0.25, 0.3) is 10.2 Å². The van der Waals surface area contributed by atoms with Gasteiger partial charge in [0.25, 0.3) is 11.2 Å². The minimum absolute atomic E-state index is 0.0464. The van der Waals surface area contributed by atoms with Crippen LogP contribution < -0.4 is 10.3 Å². The van der Waals surface area contributed by atoms with Gasteiger partial charge in [0.05, 0.1) is 29.8 Å². The number of hydrogen-bond donors (Lipinski definition) is 0. The highest BCUT2D eigenvalue weighted by Gasteiger charge is 2.23. The van der Waals surface area contributed by atoms with E-state index in [0.29, 0.717) is 22.3 Å². The van der Waals surface area contributed by atoms with Gasteiger partial charge in [0.15, 0.2) is 6.79 Å². The third kappa shape index (κ3) is 2.88. The molecule has 1 aromatic carbocycles. The van der Waals surface area contributed by atoms with Crippen molar-refractivity contribution in [2.45, 2.75) is 25.3 Å². The molecule has 4 heterocycles. The van der Waals surface area contributed by atoms with Gasteiger partial charge in [-0.3, -0.25) is 19.5 Å². The zero-order chi connectivity index (χ0) is 19.3. The molecule has 0 spiro atoms. The third-order valence-corrected chi connectivity index (χ3v) is 7.22. The molecule has 2 aliphatic rings. The third-order valence-electron chi connectivity index (χ3n) is 4.91. The van der Waals surface area contributed by atoms with Crippen molar-refractivity contribution in [2.24, 2.45) is 0 Å². The molecule has 0 fully saturated rings. The number of thioether (sulfide) groups is 1. The molecule has 3 aromatic rings. The standard InChI is InChI=1S/C18H15N3O5S2/c22-18-15-13-1-2-27-7-14(13)28-17(15)19-8-20(18)5-10-3-12(21(23)24)4-11-6-25-9-26-16(10)11/h3-4,8H,1-2,5-7,9H2. The summed E-state index contributed by atoms with van der Waals surface area (Å²) in [5, 5.41) is 12.0. The Hall–Kier alpha value is -2.43. The van der Waals surface area contributed by atoms with E-state index >= 15 is 0 Å². The Morgan fingerprint density at radius 1 is 1.36 bits per heavy atom. The summed E-state index contributed by atoms with van der Waals surface area (Å²) in [5.41, 5.74) is 2.14. The van der Waals surface area contributed by atoms with E-state index in [1.165, 1.54) is 27.9 Å². The summed E-state index contributed by atoms with van der Waals surface area (Å²) in [6.07, 6.45) is 2.39. The normalized spacial score (nSPS) is 15.7. The molecule has 28 heavy (non-hydrogen) atoms. The van der Waals surface area contributed by atoms with Crippen molar-refractivity contribution < 1.29 is 14.4 Å². The maximum atomic E-state index is 13.2. The summed E-state index contributed by atoms with van der Waals surface area (Å²) >= 11 is 3.45. The quantitative estimate of drug-likeness (QED) is 0.477. The van der Waals surface area contributed by atoms with Gasteiger partial charge < -0.3 is 9.47 Å². The van der Waals surface area contributed by atoms with Crippen molar-refractivity contribution in [3.8, 4) is 5.75 Å². The van der Waals surface area contributed by atoms with E-state index in [2.05, 4.69) is 4.98 Å². The van der Waals surface area contributed by atoms with Gasteiger partial charge in [-0.15, -0.1) is 11.3 Å². The Morgan fingerprint density at radius 2 is 2.25 bits per heavy atom. The minimum atomic E-state index is -0.449. The molecule has 0 unspecified atom stereocenters. The molecule has 0 radical (unpaired) electrons. The largest absolute Gasteiger partial charge is 0.467 e. The van der Waals surface area contributed by atoms with Gasteiger partial charge in [0.2, 0.25) is 0 Å². The van der Waals surface area contributed by atoms with Gasteiger partial charge in [-0.2, -0.15) is 11.8 Å². The Kier molecular flexibility index (Phi) is 4.33. The van der Waals surface area contributed by atoms with Crippen LogP contribution in [0.1, 0.15) is 21.6 Å². The first kappa shape index (κ1) is 17.7. The maximum absolute atomic E-state index is 13.2. The first-order chi connectivity index (χ1) is 13.6. The zero-order valence-electron chi connectivity index (χ0n) is 14.7. The SMILES string of the molecule is O=c1c2c3c(sc2ncn1Cc1cc([N+](=O)[O-])cc2c1OCOC2)CSCC3. The second-order valence-corrected chi connectivity index (χ2v) is 8.81. The lowest BCUT2D eigenvalue weighted by molar-refractivity contribution is -0.385. The minimum Gasteiger partial charge on any atom is -0.467 e. The van der Waals surface area contributed by atoms with E-state index in [1.54, 1.807) is 11.3 Å². The average Bonchev–Trinajstić information content (AvgIpc) is 3.09. The van der Waals surface area contributed by atoms with Gasteiger partial charge in [-0.05, 0) is 17.7 Å². The van der Waals surface area contributed by atoms with E-state index in [-0.39, 0.29) is 31.2 Å². The van der Waals surface area contributed by atoms with Crippen LogP contribution in [0, 0.1) is 10.1 Å². The molecule has 0 bridgehead atoms. The number of non-ortho nitro benzene ring substituents is 1. The first-order valence-electron chi connectivity index (χ1n) is 8.70. The summed E-state index contributed by atoms with van der Waals surface area (Å²) in [7, 11) is 0. The fraction of sp³-hybridized carbons (Fsp3) is 0.333. The molecule has 0 saturated carbocycles. The molecule has 0 atom stereocenters. The fourth-order valence-corrected chi connectivity index (χ4v) is 5.96. The Labute approximate surface area is 167 Å². The van der Waals surface area contributed by atoms with E-state index in [4.69, 9.17) is 9.47 Å². The summed E-state index contributed by atoms with van der Waals surface area (Å²) in [5.74, 6) is 2.47. The van der Waals surface area contributed by atoms with Gasteiger partial charge in [-0.25, -0.2) is 4.98 Å². The number of thiophene rings is 1. The summed E-state index contributed by atoms with van der Waals surface area (Å²) in [6, 6.07) is 2.91. The molecule has 144 valence electrons. The van der Waals surface area contributed by atoms with Crippen LogP contribution in [0.5, 0.6) is 5.75 Å². The number of nitrogens with zero attached hydrogens (tertiary/aromatic N) is 3. The van der Waals surface area contributed by atoms with Crippen LogP contribution in [-0.4, -0.2) is 27.0 Å². The Balaban J connectivity index is 1.62. The molecule has 2 aliphatic heterocycles. The lowest BCUT2D eigenvalue weighted by atomic mass is 10.1. The smallest absolute Gasteiger partial charge is 0.270 e. The van der Waals surface area contributed by atoms with E-state index in [0.717, 1.165) is 28.3 Å². The highest BCUT2D eigenvalue weighted by Crippen LogP contribution is 2.36. The number of nitro benzene ring substituents is 1. The van der Waals surface area contributed by atoms with Crippen LogP contribution in [0.3, 0.4) is 0 Å². The number of aryl methyl sites for hydroxylation is 1. The summed E-state index contributed by atoms with van der Waals surface area (Å²) in [6.45, 7) is 0.483. The number of nitro groups is 1. The average molecular weight is 417 g/mol. The lowest BCUT2D eigenvalue weighted by Gasteiger charge is -2.20. The van der Waals surface area contributed by atoms with Crippen molar-refractivity contribution in [1.29, 1.82) is 0 Å². The van der Waals surface area contributed by atoms with Crippen molar-refractivity contribution >= 4 is 39.0 Å². The summed E-state index contributed by atoms with van der Waals surface area (Å²) < 4.78 is 12.3. The van der Waals surface area contributed by atoms with Crippen LogP contribution in [-0.2, 0) is 30.1 Å². The molecule has 10 heteroatoms. The molecule has 2 aromatic heterocycles. The zero-order valence-corrected chi connectivity index (χ0v) is 16.3. The van der Waals surface area contributed by atoms with Crippen LogP contribution >= 0.6 is 23.1 Å². The number of hydrogen-bond acceptors (Lipinski definition) is 8. The monoisotopic (exact) mass is 417 g/mol. The van der Waals surface area contributed by atoms with Crippen molar-refractivity contribution in [3.63, 3.8) is 0 Å². The maximum Gasteiger partial charge on any atom is 0.270 e. The highest BCUT2D eigenvalue weighted by molar-refractivity contribution is 7.98. The molecule has 0 aliphatic carbocycles. The fourth-order valence-electron chi connectivity index (χ4n) is 3.65. The molecule has 0 saturated heterocycles. The number of fused-ring (bicyclic) bond motifs is 4. The van der Waals surface area contributed by atoms with E-state index in [9.17, 15) is 14.9 Å². The second-order valence-electron chi connectivity index (χ2n) is 6.63. The number of benzene rings is 1. The van der Waals surface area contributed by atoms with Gasteiger partial charge in [0, 0.05) is 33.9 Å². The van der Waals surface area contributed by atoms with Gasteiger partial charge >= 0.3 is 0 Å². The Morgan fingerprint density at radius 3 is 3.11 bits per heavy atom. The highest BCUT2D eigenvalue weighted by atomic mass is 32.2. The number of rotatable bonds is 3. The van der Waals surface area contributed by atoms with E-state index in [1.807, 2.05) is 11.8 Å². The van der Waals surface area contributed by atoms with Crippen LogP contribution in [0.2, 0.25) is 0 Å². The first-order valence-corrected chi connectivity index (χ1v) is 10.7. The van der Waals surface area contributed by atoms with Crippen LogP contribution in [0.15, 0.2) is 23.3 Å². The predicted octanol–water partition coefficient (Wildman–Crippen LogP) is 3.07. The number of ether oxygens (including phenoxy) is 2. The second kappa shape index (κ2) is 6.87. The van der Waals surface area contributed by atoms with Gasteiger partial charge in [0.1, 0.15) is 10.6 Å². The molecule has 5 rings (SSSR count). The molecule has 0 N–H and O–H groups in total. The predicted molar refractivity (Wildman–Crippen MR) is 106 cm³/mol. The van der Waals surface area contributed by atoms with Crippen molar-refractivity contribution in [1.82, 2.24) is 9.55 Å². The molecular weight excluding hydrogens is 402 g/mol. The lowest BCUT2D eigenvalue weighted by Crippen LogP contribution is -2.23. The van der Waals surface area contributed by atoms with Crippen molar-refractivity contribution in [2.75, 3.05) is 12.5 Å². The molecular formula is C18H15N3O5S2.